The van der Waals surface area contributed by atoms with E-state index in [4.69, 9.17) is 9.47 Å². The number of carbonyl (C=O) groups is 2. The van der Waals surface area contributed by atoms with Crippen LogP contribution in [0.2, 0.25) is 0 Å². The Morgan fingerprint density at radius 1 is 1.40 bits per heavy atom. The van der Waals surface area contributed by atoms with Crippen molar-refractivity contribution >= 4 is 17.5 Å². The summed E-state index contributed by atoms with van der Waals surface area (Å²) in [6.07, 6.45) is 1.13. The third-order valence-electron chi connectivity index (χ3n) is 3.98. The number of rotatable bonds is 8. The Bertz CT molecular complexity index is 573. The fourth-order valence-corrected chi connectivity index (χ4v) is 2.76. The first-order valence-electron chi connectivity index (χ1n) is 8.65. The summed E-state index contributed by atoms with van der Waals surface area (Å²) in [6.45, 7) is 4.51. The molecule has 1 aliphatic rings. The molecule has 1 aromatic rings. The SMILES string of the molecule is CCCN(CC(=O)Nc1ccccc1OC)C(=O)CC1COCCN1. The number of methoxy groups -OCH3 is 1. The molecule has 1 saturated heterocycles. The molecule has 0 saturated carbocycles. The molecule has 0 aliphatic carbocycles. The van der Waals surface area contributed by atoms with E-state index in [1.165, 1.54) is 0 Å². The first-order chi connectivity index (χ1) is 12.1. The zero-order chi connectivity index (χ0) is 18.1. The van der Waals surface area contributed by atoms with Gasteiger partial charge >= 0.3 is 0 Å². The van der Waals surface area contributed by atoms with E-state index < -0.39 is 0 Å². The molecule has 25 heavy (non-hydrogen) atoms. The number of amides is 2. The van der Waals surface area contributed by atoms with E-state index in [0.717, 1.165) is 13.0 Å². The van der Waals surface area contributed by atoms with Gasteiger partial charge in [-0.1, -0.05) is 19.1 Å². The summed E-state index contributed by atoms with van der Waals surface area (Å²) in [4.78, 5) is 26.5. The lowest BCUT2D eigenvalue weighted by atomic mass is 10.1. The van der Waals surface area contributed by atoms with E-state index in [2.05, 4.69) is 10.6 Å². The van der Waals surface area contributed by atoms with Gasteiger partial charge in [0.1, 0.15) is 5.75 Å². The Morgan fingerprint density at radius 3 is 2.88 bits per heavy atom. The van der Waals surface area contributed by atoms with E-state index >= 15 is 0 Å². The molecule has 1 unspecified atom stereocenters. The molecule has 7 heteroatoms. The van der Waals surface area contributed by atoms with Crippen LogP contribution in [0.4, 0.5) is 5.69 Å². The van der Waals surface area contributed by atoms with E-state index in [1.807, 2.05) is 19.1 Å². The summed E-state index contributed by atoms with van der Waals surface area (Å²) in [6, 6.07) is 7.21. The van der Waals surface area contributed by atoms with Crippen LogP contribution in [-0.2, 0) is 14.3 Å². The zero-order valence-corrected chi connectivity index (χ0v) is 14.9. The molecule has 1 heterocycles. The number of para-hydroxylation sites is 2. The van der Waals surface area contributed by atoms with Gasteiger partial charge in [0.05, 0.1) is 32.6 Å². The zero-order valence-electron chi connectivity index (χ0n) is 14.9. The second kappa shape index (κ2) is 10.0. The first-order valence-corrected chi connectivity index (χ1v) is 8.65. The van der Waals surface area contributed by atoms with Crippen molar-refractivity contribution in [2.75, 3.05) is 45.3 Å². The smallest absolute Gasteiger partial charge is 0.244 e. The van der Waals surface area contributed by atoms with E-state index in [9.17, 15) is 9.59 Å². The van der Waals surface area contributed by atoms with Crippen molar-refractivity contribution < 1.29 is 19.1 Å². The van der Waals surface area contributed by atoms with Crippen LogP contribution in [0.5, 0.6) is 5.75 Å². The Kier molecular flexibility index (Phi) is 7.69. The van der Waals surface area contributed by atoms with Gasteiger partial charge in [0, 0.05) is 25.6 Å². The highest BCUT2D eigenvalue weighted by atomic mass is 16.5. The maximum Gasteiger partial charge on any atom is 0.244 e. The van der Waals surface area contributed by atoms with E-state index in [-0.39, 0.29) is 24.4 Å². The monoisotopic (exact) mass is 349 g/mol. The highest BCUT2D eigenvalue weighted by Crippen LogP contribution is 2.22. The van der Waals surface area contributed by atoms with Crippen LogP contribution in [-0.4, -0.2) is 62.7 Å². The molecule has 1 aliphatic heterocycles. The van der Waals surface area contributed by atoms with E-state index in [0.29, 0.717) is 37.6 Å². The minimum Gasteiger partial charge on any atom is -0.495 e. The van der Waals surface area contributed by atoms with Gasteiger partial charge in [0.2, 0.25) is 11.8 Å². The number of hydrogen-bond donors (Lipinski definition) is 2. The Labute approximate surface area is 148 Å². The highest BCUT2D eigenvalue weighted by molar-refractivity contribution is 5.95. The minimum atomic E-state index is -0.237. The third kappa shape index (κ3) is 6.03. The highest BCUT2D eigenvalue weighted by Gasteiger charge is 2.22. The van der Waals surface area contributed by atoms with Crippen molar-refractivity contribution in [1.29, 1.82) is 0 Å². The molecule has 1 fully saturated rings. The second-order valence-corrected chi connectivity index (χ2v) is 5.99. The predicted octanol–water partition coefficient (Wildman–Crippen LogP) is 1.25. The average molecular weight is 349 g/mol. The van der Waals surface area contributed by atoms with Gasteiger partial charge in [-0.15, -0.1) is 0 Å². The molecule has 0 aromatic heterocycles. The maximum absolute atomic E-state index is 12.5. The minimum absolute atomic E-state index is 0.0119. The summed E-state index contributed by atoms with van der Waals surface area (Å²) in [5.74, 6) is 0.312. The molecule has 2 rings (SSSR count). The molecule has 1 atom stereocenters. The van der Waals surface area contributed by atoms with Crippen LogP contribution in [0.15, 0.2) is 24.3 Å². The number of ether oxygens (including phenoxy) is 2. The number of morpholine rings is 1. The van der Waals surface area contributed by atoms with Gasteiger partial charge in [0.25, 0.3) is 0 Å². The molecule has 0 spiro atoms. The lowest BCUT2D eigenvalue weighted by Crippen LogP contribution is -2.46. The Hall–Kier alpha value is -2.12. The second-order valence-electron chi connectivity index (χ2n) is 5.99. The topological polar surface area (TPSA) is 79.9 Å². The number of nitrogens with one attached hydrogen (secondary N) is 2. The Balaban J connectivity index is 1.92. The molecule has 2 N–H and O–H groups in total. The van der Waals surface area contributed by atoms with Gasteiger partial charge in [-0.2, -0.15) is 0 Å². The number of carbonyl (C=O) groups excluding carboxylic acids is 2. The quantitative estimate of drug-likeness (QED) is 0.738. The lowest BCUT2D eigenvalue weighted by molar-refractivity contribution is -0.135. The van der Waals surface area contributed by atoms with Crippen molar-refractivity contribution in [1.82, 2.24) is 10.2 Å². The Morgan fingerprint density at radius 2 is 2.20 bits per heavy atom. The van der Waals surface area contributed by atoms with Gasteiger partial charge in [-0.05, 0) is 18.6 Å². The number of anilines is 1. The van der Waals surface area contributed by atoms with Crippen molar-refractivity contribution in [3.63, 3.8) is 0 Å². The first kappa shape index (κ1) is 19.2. The van der Waals surface area contributed by atoms with Gasteiger partial charge in [-0.3, -0.25) is 9.59 Å². The summed E-state index contributed by atoms with van der Waals surface area (Å²) < 4.78 is 10.6. The van der Waals surface area contributed by atoms with Crippen molar-refractivity contribution in [3.05, 3.63) is 24.3 Å². The molecular formula is C18H27N3O4. The molecule has 7 nitrogen and oxygen atoms in total. The standard InChI is InChI=1S/C18H27N3O4/c1-3-9-21(18(23)11-14-13-25-10-8-19-14)12-17(22)20-15-6-4-5-7-16(15)24-2/h4-7,14,19H,3,8-13H2,1-2H3,(H,20,22). The molecule has 1 aromatic carbocycles. The third-order valence-corrected chi connectivity index (χ3v) is 3.98. The molecule has 2 amide bonds. The molecular weight excluding hydrogens is 322 g/mol. The normalized spacial score (nSPS) is 17.0. The summed E-state index contributed by atoms with van der Waals surface area (Å²) >= 11 is 0. The van der Waals surface area contributed by atoms with Gasteiger partial charge in [0.15, 0.2) is 0 Å². The van der Waals surface area contributed by atoms with Crippen molar-refractivity contribution in [2.24, 2.45) is 0 Å². The maximum atomic E-state index is 12.5. The summed E-state index contributed by atoms with van der Waals surface area (Å²) in [7, 11) is 1.55. The average Bonchev–Trinajstić information content (AvgIpc) is 2.62. The number of nitrogens with zero attached hydrogens (tertiary/aromatic N) is 1. The molecule has 0 bridgehead atoms. The van der Waals surface area contributed by atoms with Gasteiger partial charge in [-0.25, -0.2) is 0 Å². The van der Waals surface area contributed by atoms with Crippen LogP contribution in [0.25, 0.3) is 0 Å². The summed E-state index contributed by atoms with van der Waals surface area (Å²) in [5.41, 5.74) is 0.598. The fraction of sp³-hybridized carbons (Fsp3) is 0.556. The summed E-state index contributed by atoms with van der Waals surface area (Å²) in [5, 5.41) is 6.08. The number of benzene rings is 1. The van der Waals surface area contributed by atoms with Gasteiger partial charge < -0.3 is 25.0 Å². The molecule has 138 valence electrons. The van der Waals surface area contributed by atoms with E-state index in [1.54, 1.807) is 24.1 Å². The molecule has 0 radical (unpaired) electrons. The largest absolute Gasteiger partial charge is 0.495 e. The van der Waals surface area contributed by atoms with Crippen LogP contribution < -0.4 is 15.4 Å². The number of hydrogen-bond acceptors (Lipinski definition) is 5. The fourth-order valence-electron chi connectivity index (χ4n) is 2.76. The van der Waals surface area contributed by atoms with Crippen LogP contribution in [0, 0.1) is 0 Å². The van der Waals surface area contributed by atoms with Crippen LogP contribution in [0.1, 0.15) is 19.8 Å². The van der Waals surface area contributed by atoms with Crippen LogP contribution in [0.3, 0.4) is 0 Å². The van der Waals surface area contributed by atoms with Crippen molar-refractivity contribution in [2.45, 2.75) is 25.8 Å². The predicted molar refractivity (Wildman–Crippen MR) is 95.7 cm³/mol. The van der Waals surface area contributed by atoms with Crippen molar-refractivity contribution in [3.8, 4) is 5.75 Å². The lowest BCUT2D eigenvalue weighted by Gasteiger charge is -2.27. The van der Waals surface area contributed by atoms with Crippen LogP contribution >= 0.6 is 0 Å².